The monoisotopic (exact) mass is 236 g/mol. The van der Waals surface area contributed by atoms with Gasteiger partial charge in [-0.05, 0) is 31.2 Å². The number of ether oxygens (including phenoxy) is 2. The van der Waals surface area contributed by atoms with Gasteiger partial charge >= 0.3 is 6.03 Å². The molecule has 1 aliphatic heterocycles. The third-order valence-corrected chi connectivity index (χ3v) is 2.57. The maximum absolute atomic E-state index is 11.1. The number of nitrogens with two attached hydrogens (primary N) is 1. The summed E-state index contributed by atoms with van der Waals surface area (Å²) >= 11 is 0. The van der Waals surface area contributed by atoms with E-state index in [-0.39, 0.29) is 6.10 Å². The van der Waals surface area contributed by atoms with Crippen molar-refractivity contribution >= 4 is 11.7 Å². The highest BCUT2D eigenvalue weighted by Crippen LogP contribution is 2.20. The molecule has 1 heterocycles. The average Bonchev–Trinajstić information content (AvgIpc) is 3.12. The van der Waals surface area contributed by atoms with Crippen molar-refractivity contribution in [2.24, 2.45) is 5.73 Å². The largest absolute Gasteiger partial charge is 0.491 e. The Morgan fingerprint density at radius 2 is 2.18 bits per heavy atom. The summed E-state index contributed by atoms with van der Waals surface area (Å²) in [4.78, 5) is 12.6. The number of amides is 2. The summed E-state index contributed by atoms with van der Waals surface area (Å²) in [5, 5.41) is 0. The molecule has 5 nitrogen and oxygen atoms in total. The molecule has 1 aromatic carbocycles. The standard InChI is InChI=1S/C12H16N2O3/c1-2-14(12(13)15)9-3-5-10(6-4-9)16-7-11-8-17-11/h3-6,11H,2,7-8H2,1H3,(H2,13,15)/t11-/m1/s1. The summed E-state index contributed by atoms with van der Waals surface area (Å²) < 4.78 is 10.5. The first-order chi connectivity index (χ1) is 8.20. The molecule has 0 saturated carbocycles. The van der Waals surface area contributed by atoms with Gasteiger partial charge in [-0.2, -0.15) is 0 Å². The number of carbonyl (C=O) groups excluding carboxylic acids is 1. The van der Waals surface area contributed by atoms with E-state index in [4.69, 9.17) is 15.2 Å². The van der Waals surface area contributed by atoms with Crippen molar-refractivity contribution in [2.45, 2.75) is 13.0 Å². The summed E-state index contributed by atoms with van der Waals surface area (Å²) in [6, 6.07) is 6.83. The molecule has 1 aromatic rings. The lowest BCUT2D eigenvalue weighted by atomic mass is 10.3. The van der Waals surface area contributed by atoms with Crippen LogP contribution in [0.25, 0.3) is 0 Å². The van der Waals surface area contributed by atoms with Crippen LogP contribution in [0.3, 0.4) is 0 Å². The van der Waals surface area contributed by atoms with Gasteiger partial charge in [-0.15, -0.1) is 0 Å². The Labute approximate surface area is 100 Å². The Hall–Kier alpha value is -1.75. The molecule has 1 fully saturated rings. The van der Waals surface area contributed by atoms with Gasteiger partial charge in [0.1, 0.15) is 18.5 Å². The molecule has 1 saturated heterocycles. The van der Waals surface area contributed by atoms with Crippen molar-refractivity contribution in [3.05, 3.63) is 24.3 Å². The molecule has 0 bridgehead atoms. The number of hydrogen-bond acceptors (Lipinski definition) is 3. The lowest BCUT2D eigenvalue weighted by molar-refractivity contribution is 0.254. The van der Waals surface area contributed by atoms with Crippen LogP contribution < -0.4 is 15.4 Å². The second-order valence-corrected chi connectivity index (χ2v) is 3.84. The number of nitrogens with zero attached hydrogens (tertiary/aromatic N) is 1. The Bertz CT molecular complexity index is 387. The third-order valence-electron chi connectivity index (χ3n) is 2.57. The van der Waals surface area contributed by atoms with Crippen molar-refractivity contribution < 1.29 is 14.3 Å². The summed E-state index contributed by atoms with van der Waals surface area (Å²) in [7, 11) is 0. The van der Waals surface area contributed by atoms with E-state index in [1.807, 2.05) is 31.2 Å². The zero-order valence-corrected chi connectivity index (χ0v) is 9.76. The van der Waals surface area contributed by atoms with E-state index in [9.17, 15) is 4.79 Å². The molecule has 0 spiro atoms. The van der Waals surface area contributed by atoms with Gasteiger partial charge in [-0.1, -0.05) is 0 Å². The van der Waals surface area contributed by atoms with E-state index in [1.165, 1.54) is 4.90 Å². The fourth-order valence-electron chi connectivity index (χ4n) is 1.54. The Morgan fingerprint density at radius 1 is 1.53 bits per heavy atom. The molecule has 92 valence electrons. The number of rotatable bonds is 5. The van der Waals surface area contributed by atoms with Gasteiger partial charge in [-0.25, -0.2) is 4.79 Å². The summed E-state index contributed by atoms with van der Waals surface area (Å²) in [6.45, 7) is 3.78. The van der Waals surface area contributed by atoms with Crippen LogP contribution in [0.15, 0.2) is 24.3 Å². The minimum Gasteiger partial charge on any atom is -0.491 e. The predicted octanol–water partition coefficient (Wildman–Crippen LogP) is 1.37. The quantitative estimate of drug-likeness (QED) is 0.785. The van der Waals surface area contributed by atoms with Gasteiger partial charge in [0.05, 0.1) is 6.61 Å². The van der Waals surface area contributed by atoms with Crippen LogP contribution in [0.1, 0.15) is 6.92 Å². The van der Waals surface area contributed by atoms with Gasteiger partial charge in [0.25, 0.3) is 0 Å². The number of anilines is 1. The minimum atomic E-state index is -0.451. The zero-order valence-electron chi connectivity index (χ0n) is 9.76. The summed E-state index contributed by atoms with van der Waals surface area (Å²) in [5.41, 5.74) is 6.04. The maximum Gasteiger partial charge on any atom is 0.319 e. The normalized spacial score (nSPS) is 17.6. The predicted molar refractivity (Wildman–Crippen MR) is 64.3 cm³/mol. The fraction of sp³-hybridized carbons (Fsp3) is 0.417. The highest BCUT2D eigenvalue weighted by molar-refractivity contribution is 5.90. The van der Waals surface area contributed by atoms with E-state index in [1.54, 1.807) is 0 Å². The zero-order chi connectivity index (χ0) is 12.3. The van der Waals surface area contributed by atoms with Gasteiger partial charge in [0.2, 0.25) is 0 Å². The second-order valence-electron chi connectivity index (χ2n) is 3.84. The van der Waals surface area contributed by atoms with E-state index >= 15 is 0 Å². The highest BCUT2D eigenvalue weighted by Gasteiger charge is 2.23. The smallest absolute Gasteiger partial charge is 0.319 e. The molecule has 0 aliphatic carbocycles. The molecule has 0 aromatic heterocycles. The van der Waals surface area contributed by atoms with E-state index in [0.717, 1.165) is 18.0 Å². The van der Waals surface area contributed by atoms with Crippen LogP contribution in [0.5, 0.6) is 5.75 Å². The lowest BCUT2D eigenvalue weighted by Gasteiger charge is -2.18. The topological polar surface area (TPSA) is 68.1 Å². The molecule has 0 unspecified atom stereocenters. The lowest BCUT2D eigenvalue weighted by Crippen LogP contribution is -2.35. The van der Waals surface area contributed by atoms with Crippen LogP contribution in [0, 0.1) is 0 Å². The fourth-order valence-corrected chi connectivity index (χ4v) is 1.54. The summed E-state index contributed by atoms with van der Waals surface area (Å²) in [5.74, 6) is 0.768. The SMILES string of the molecule is CCN(C(N)=O)c1ccc(OC[C@@H]2CO2)cc1. The number of hydrogen-bond donors (Lipinski definition) is 1. The van der Waals surface area contributed by atoms with Crippen molar-refractivity contribution in [3.8, 4) is 5.75 Å². The van der Waals surface area contributed by atoms with Gasteiger partial charge in [0.15, 0.2) is 0 Å². The highest BCUT2D eigenvalue weighted by atomic mass is 16.6. The first-order valence-electron chi connectivity index (χ1n) is 5.62. The molecular formula is C12H16N2O3. The van der Waals surface area contributed by atoms with Crippen LogP contribution in [0.2, 0.25) is 0 Å². The Kier molecular flexibility index (Phi) is 3.49. The third kappa shape index (κ3) is 3.10. The molecule has 5 heteroatoms. The number of epoxide rings is 1. The van der Waals surface area contributed by atoms with Crippen molar-refractivity contribution in [2.75, 3.05) is 24.7 Å². The number of benzene rings is 1. The van der Waals surface area contributed by atoms with E-state index in [0.29, 0.717) is 13.2 Å². The molecule has 2 rings (SSSR count). The van der Waals surface area contributed by atoms with Crippen molar-refractivity contribution in [3.63, 3.8) is 0 Å². The number of urea groups is 1. The van der Waals surface area contributed by atoms with E-state index < -0.39 is 6.03 Å². The molecule has 0 radical (unpaired) electrons. The number of primary amides is 1. The molecule has 17 heavy (non-hydrogen) atoms. The Morgan fingerprint density at radius 3 is 2.65 bits per heavy atom. The first kappa shape index (κ1) is 11.7. The van der Waals surface area contributed by atoms with Gasteiger partial charge in [-0.3, -0.25) is 4.90 Å². The van der Waals surface area contributed by atoms with Crippen LogP contribution >= 0.6 is 0 Å². The molecule has 2 N–H and O–H groups in total. The molecule has 1 atom stereocenters. The van der Waals surface area contributed by atoms with Crippen molar-refractivity contribution in [1.82, 2.24) is 0 Å². The molecule has 1 aliphatic rings. The van der Waals surface area contributed by atoms with E-state index in [2.05, 4.69) is 0 Å². The van der Waals surface area contributed by atoms with Gasteiger partial charge in [0, 0.05) is 12.2 Å². The molecular weight excluding hydrogens is 220 g/mol. The minimum absolute atomic E-state index is 0.243. The maximum atomic E-state index is 11.1. The van der Waals surface area contributed by atoms with Crippen LogP contribution in [-0.4, -0.2) is 31.9 Å². The summed E-state index contributed by atoms with van der Waals surface area (Å²) in [6.07, 6.45) is 0.243. The molecule has 2 amide bonds. The Balaban J connectivity index is 1.97. The van der Waals surface area contributed by atoms with Crippen LogP contribution in [-0.2, 0) is 4.74 Å². The first-order valence-corrected chi connectivity index (χ1v) is 5.62. The second kappa shape index (κ2) is 5.05. The van der Waals surface area contributed by atoms with Crippen molar-refractivity contribution in [1.29, 1.82) is 0 Å². The van der Waals surface area contributed by atoms with Gasteiger partial charge < -0.3 is 15.2 Å². The van der Waals surface area contributed by atoms with Crippen LogP contribution in [0.4, 0.5) is 10.5 Å². The number of carbonyl (C=O) groups is 1. The average molecular weight is 236 g/mol.